The van der Waals surface area contributed by atoms with Crippen LogP contribution >= 0.6 is 0 Å². The minimum atomic E-state index is -0.976. The Morgan fingerprint density at radius 1 is 1.42 bits per heavy atom. The average molecular weight is 269 g/mol. The summed E-state index contributed by atoms with van der Waals surface area (Å²) in [6.45, 7) is 7.07. The van der Waals surface area contributed by atoms with Gasteiger partial charge < -0.3 is 14.7 Å². The number of amides is 1. The van der Waals surface area contributed by atoms with E-state index in [1.54, 1.807) is 18.7 Å². The number of hydrogen-bond acceptors (Lipinski definition) is 3. The van der Waals surface area contributed by atoms with Crippen LogP contribution < -0.4 is 0 Å². The van der Waals surface area contributed by atoms with Crippen molar-refractivity contribution in [2.75, 3.05) is 13.2 Å². The van der Waals surface area contributed by atoms with Crippen molar-refractivity contribution in [1.82, 2.24) is 4.90 Å². The summed E-state index contributed by atoms with van der Waals surface area (Å²) < 4.78 is 5.07. The van der Waals surface area contributed by atoms with E-state index in [2.05, 4.69) is 6.58 Å². The van der Waals surface area contributed by atoms with E-state index in [1.807, 2.05) is 0 Å². The van der Waals surface area contributed by atoms with Gasteiger partial charge in [-0.15, -0.1) is 0 Å². The average Bonchev–Trinajstić information content (AvgIpc) is 2.86. The molecule has 1 aliphatic rings. The number of carbonyl (C=O) groups is 2. The lowest BCUT2D eigenvalue weighted by Crippen LogP contribution is -2.47. The van der Waals surface area contributed by atoms with Gasteiger partial charge in [-0.3, -0.25) is 4.79 Å². The Kier molecular flexibility index (Phi) is 5.39. The van der Waals surface area contributed by atoms with Crippen molar-refractivity contribution >= 4 is 12.1 Å². The van der Waals surface area contributed by atoms with E-state index in [4.69, 9.17) is 4.74 Å². The van der Waals surface area contributed by atoms with Gasteiger partial charge in [0.05, 0.1) is 5.41 Å². The molecule has 0 spiro atoms. The molecule has 108 valence electrons. The molecule has 0 aromatic rings. The first-order chi connectivity index (χ1) is 8.88. The molecule has 0 radical (unpaired) electrons. The molecule has 0 aromatic carbocycles. The third-order valence-corrected chi connectivity index (χ3v) is 3.47. The van der Waals surface area contributed by atoms with Crippen LogP contribution in [0.25, 0.3) is 0 Å². The van der Waals surface area contributed by atoms with Crippen molar-refractivity contribution in [3.63, 3.8) is 0 Å². The predicted octanol–water partition coefficient (Wildman–Crippen LogP) is 2.66. The number of rotatable bonds is 6. The summed E-state index contributed by atoms with van der Waals surface area (Å²) in [6.07, 6.45) is 5.04. The van der Waals surface area contributed by atoms with Crippen LogP contribution in [0.4, 0.5) is 4.79 Å². The molecule has 0 saturated heterocycles. The molecule has 5 heteroatoms. The second-order valence-corrected chi connectivity index (χ2v) is 5.62. The van der Waals surface area contributed by atoms with Crippen LogP contribution in [0.1, 0.15) is 39.5 Å². The molecule has 0 aromatic heterocycles. The van der Waals surface area contributed by atoms with Gasteiger partial charge in [-0.25, -0.2) is 4.79 Å². The molecule has 19 heavy (non-hydrogen) atoms. The maximum atomic E-state index is 12.1. The van der Waals surface area contributed by atoms with Crippen LogP contribution in [-0.4, -0.2) is 41.3 Å². The lowest BCUT2D eigenvalue weighted by atomic mass is 9.92. The Balaban J connectivity index is 2.76. The molecule has 1 aliphatic carbocycles. The summed E-state index contributed by atoms with van der Waals surface area (Å²) in [5.74, 6) is -0.910. The van der Waals surface area contributed by atoms with Crippen LogP contribution in [0.2, 0.25) is 0 Å². The topological polar surface area (TPSA) is 66.8 Å². The molecule has 1 saturated carbocycles. The molecule has 0 heterocycles. The SMILES string of the molecule is C=CCOC(=O)N(CC(C)(C)C(=O)O)C1CCCC1. The smallest absolute Gasteiger partial charge is 0.410 e. The van der Waals surface area contributed by atoms with E-state index >= 15 is 0 Å². The number of carbonyl (C=O) groups excluding carboxylic acids is 1. The first-order valence-corrected chi connectivity index (χ1v) is 6.66. The van der Waals surface area contributed by atoms with Gasteiger partial charge in [-0.2, -0.15) is 0 Å². The van der Waals surface area contributed by atoms with Crippen LogP contribution in [0, 0.1) is 5.41 Å². The molecular weight excluding hydrogens is 246 g/mol. The van der Waals surface area contributed by atoms with Crippen molar-refractivity contribution in [2.45, 2.75) is 45.6 Å². The Bertz CT molecular complexity index is 345. The normalized spacial score (nSPS) is 16.1. The number of nitrogens with zero attached hydrogens (tertiary/aromatic N) is 1. The Morgan fingerprint density at radius 2 is 2.00 bits per heavy atom. The zero-order valence-corrected chi connectivity index (χ0v) is 11.7. The molecule has 0 unspecified atom stereocenters. The van der Waals surface area contributed by atoms with Crippen LogP contribution in [-0.2, 0) is 9.53 Å². The quantitative estimate of drug-likeness (QED) is 0.753. The van der Waals surface area contributed by atoms with E-state index in [0.29, 0.717) is 0 Å². The highest BCUT2D eigenvalue weighted by atomic mass is 16.6. The summed E-state index contributed by atoms with van der Waals surface area (Å²) in [7, 11) is 0. The van der Waals surface area contributed by atoms with E-state index < -0.39 is 17.5 Å². The third kappa shape index (κ3) is 4.26. The number of carboxylic acid groups (broad SMARTS) is 1. The summed E-state index contributed by atoms with van der Waals surface area (Å²) in [5.41, 5.74) is -0.976. The second-order valence-electron chi connectivity index (χ2n) is 5.62. The van der Waals surface area contributed by atoms with Crippen molar-refractivity contribution in [2.24, 2.45) is 5.41 Å². The van der Waals surface area contributed by atoms with Crippen LogP contribution in [0.3, 0.4) is 0 Å². The molecule has 1 rings (SSSR count). The fourth-order valence-corrected chi connectivity index (χ4v) is 2.27. The zero-order valence-electron chi connectivity index (χ0n) is 11.7. The Labute approximate surface area is 114 Å². The highest BCUT2D eigenvalue weighted by Gasteiger charge is 2.36. The Morgan fingerprint density at radius 3 is 2.47 bits per heavy atom. The lowest BCUT2D eigenvalue weighted by Gasteiger charge is -2.33. The van der Waals surface area contributed by atoms with Crippen molar-refractivity contribution in [3.8, 4) is 0 Å². The molecular formula is C14H23NO4. The standard InChI is InChI=1S/C14H23NO4/c1-4-9-19-13(18)15(11-7-5-6-8-11)10-14(2,3)12(16)17/h4,11H,1,5-10H2,2-3H3,(H,16,17). The van der Waals surface area contributed by atoms with Crippen molar-refractivity contribution in [1.29, 1.82) is 0 Å². The van der Waals surface area contributed by atoms with Gasteiger partial charge in [-0.1, -0.05) is 25.5 Å². The predicted molar refractivity (Wildman–Crippen MR) is 71.9 cm³/mol. The molecule has 5 nitrogen and oxygen atoms in total. The molecule has 1 amide bonds. The van der Waals surface area contributed by atoms with Gasteiger partial charge in [0.2, 0.25) is 0 Å². The largest absolute Gasteiger partial charge is 0.481 e. The van der Waals surface area contributed by atoms with Crippen molar-refractivity contribution in [3.05, 3.63) is 12.7 Å². The maximum Gasteiger partial charge on any atom is 0.410 e. The third-order valence-electron chi connectivity index (χ3n) is 3.47. The first kappa shape index (κ1) is 15.5. The first-order valence-electron chi connectivity index (χ1n) is 6.66. The highest BCUT2D eigenvalue weighted by Crippen LogP contribution is 2.28. The second kappa shape index (κ2) is 6.59. The number of hydrogen-bond donors (Lipinski definition) is 1. The maximum absolute atomic E-state index is 12.1. The van der Waals surface area contributed by atoms with E-state index in [-0.39, 0.29) is 19.2 Å². The molecule has 0 atom stereocenters. The fraction of sp³-hybridized carbons (Fsp3) is 0.714. The summed E-state index contributed by atoms with van der Waals surface area (Å²) >= 11 is 0. The monoisotopic (exact) mass is 269 g/mol. The highest BCUT2D eigenvalue weighted by molar-refractivity contribution is 5.75. The summed E-state index contributed by atoms with van der Waals surface area (Å²) in [5, 5.41) is 9.20. The molecule has 0 bridgehead atoms. The van der Waals surface area contributed by atoms with Crippen molar-refractivity contribution < 1.29 is 19.4 Å². The van der Waals surface area contributed by atoms with E-state index in [0.717, 1.165) is 25.7 Å². The minimum Gasteiger partial charge on any atom is -0.481 e. The van der Waals surface area contributed by atoms with Gasteiger partial charge in [-0.05, 0) is 26.7 Å². The van der Waals surface area contributed by atoms with Gasteiger partial charge >= 0.3 is 12.1 Å². The number of aliphatic carboxylic acids is 1. The number of ether oxygens (including phenoxy) is 1. The van der Waals surface area contributed by atoms with Gasteiger partial charge in [0.25, 0.3) is 0 Å². The van der Waals surface area contributed by atoms with E-state index in [9.17, 15) is 14.7 Å². The molecule has 1 fully saturated rings. The van der Waals surface area contributed by atoms with Gasteiger partial charge in [0.1, 0.15) is 6.61 Å². The molecule has 0 aliphatic heterocycles. The lowest BCUT2D eigenvalue weighted by molar-refractivity contribution is -0.147. The van der Waals surface area contributed by atoms with Crippen LogP contribution in [0.5, 0.6) is 0 Å². The minimum absolute atomic E-state index is 0.0935. The summed E-state index contributed by atoms with van der Waals surface area (Å²) in [6, 6.07) is 0.0935. The Hall–Kier alpha value is -1.52. The number of carboxylic acids is 1. The van der Waals surface area contributed by atoms with Crippen LogP contribution in [0.15, 0.2) is 12.7 Å². The summed E-state index contributed by atoms with van der Waals surface area (Å²) in [4.78, 5) is 24.8. The fourth-order valence-electron chi connectivity index (χ4n) is 2.27. The van der Waals surface area contributed by atoms with Gasteiger partial charge in [0.15, 0.2) is 0 Å². The van der Waals surface area contributed by atoms with Gasteiger partial charge in [0, 0.05) is 12.6 Å². The zero-order chi connectivity index (χ0) is 14.5. The molecule has 1 N–H and O–H groups in total. The van der Waals surface area contributed by atoms with E-state index in [1.165, 1.54) is 6.08 Å².